The van der Waals surface area contributed by atoms with E-state index in [9.17, 15) is 14.0 Å². The Hall–Kier alpha value is -2.89. The van der Waals surface area contributed by atoms with Crippen molar-refractivity contribution < 1.29 is 18.7 Å². The van der Waals surface area contributed by atoms with E-state index < -0.39 is 11.9 Å². The standard InChI is InChI=1S/C24H29FN2O3/c1-17-9-3-8-14-22(17)30-16-23(28)27(15-19-10-4-7-13-21(19)25)18(2)24(29)26-20-11-5-6-12-20/h3-4,7-10,13-14,18,20H,5-6,11-12,15-16H2,1-2H3,(H,26,29)/t18-/m1/s1. The van der Waals surface area contributed by atoms with Crippen molar-refractivity contribution in [3.63, 3.8) is 0 Å². The average molecular weight is 413 g/mol. The molecule has 1 aliphatic rings. The average Bonchev–Trinajstić information content (AvgIpc) is 3.25. The van der Waals surface area contributed by atoms with Gasteiger partial charge in [0.15, 0.2) is 6.61 Å². The van der Waals surface area contributed by atoms with Gasteiger partial charge in [0.1, 0.15) is 17.6 Å². The number of nitrogens with one attached hydrogen (secondary N) is 1. The Morgan fingerprint density at radius 2 is 1.80 bits per heavy atom. The predicted molar refractivity (Wildman–Crippen MR) is 113 cm³/mol. The SMILES string of the molecule is Cc1ccccc1OCC(=O)N(Cc1ccccc1F)[C@H](C)C(=O)NC1CCCC1. The zero-order chi connectivity index (χ0) is 21.5. The van der Waals surface area contributed by atoms with Crippen molar-refractivity contribution in [2.45, 2.75) is 58.2 Å². The molecule has 0 aromatic heterocycles. The van der Waals surface area contributed by atoms with Crippen molar-refractivity contribution >= 4 is 11.8 Å². The van der Waals surface area contributed by atoms with Crippen LogP contribution in [0.3, 0.4) is 0 Å². The minimum atomic E-state index is -0.738. The smallest absolute Gasteiger partial charge is 0.261 e. The Balaban J connectivity index is 1.73. The first-order valence-corrected chi connectivity index (χ1v) is 10.5. The van der Waals surface area contributed by atoms with E-state index in [0.29, 0.717) is 11.3 Å². The summed E-state index contributed by atoms with van der Waals surface area (Å²) in [6.45, 7) is 3.35. The first kappa shape index (κ1) is 21.8. The summed E-state index contributed by atoms with van der Waals surface area (Å²) in [6, 6.07) is 13.1. The number of benzene rings is 2. The number of hydrogen-bond donors (Lipinski definition) is 1. The van der Waals surface area contributed by atoms with Gasteiger partial charge in [0, 0.05) is 18.2 Å². The number of rotatable bonds is 8. The number of ether oxygens (including phenoxy) is 1. The summed E-state index contributed by atoms with van der Waals surface area (Å²) >= 11 is 0. The number of aryl methyl sites for hydroxylation is 1. The monoisotopic (exact) mass is 412 g/mol. The second-order valence-corrected chi connectivity index (χ2v) is 7.83. The van der Waals surface area contributed by atoms with Gasteiger partial charge in [0.05, 0.1) is 0 Å². The lowest BCUT2D eigenvalue weighted by atomic mass is 10.1. The van der Waals surface area contributed by atoms with Gasteiger partial charge in [-0.05, 0) is 44.4 Å². The Bertz CT molecular complexity index is 880. The number of carbonyl (C=O) groups is 2. The lowest BCUT2D eigenvalue weighted by Crippen LogP contribution is -2.50. The van der Waals surface area contributed by atoms with Gasteiger partial charge < -0.3 is 15.0 Å². The van der Waals surface area contributed by atoms with E-state index in [1.165, 1.54) is 11.0 Å². The number of para-hydroxylation sites is 1. The first-order valence-electron chi connectivity index (χ1n) is 10.5. The molecule has 0 heterocycles. The Labute approximate surface area is 177 Å². The molecule has 2 amide bonds. The largest absolute Gasteiger partial charge is 0.484 e. The molecule has 3 rings (SSSR count). The van der Waals surface area contributed by atoms with Crippen molar-refractivity contribution in [1.82, 2.24) is 10.2 Å². The van der Waals surface area contributed by atoms with Crippen molar-refractivity contribution in [1.29, 1.82) is 0 Å². The van der Waals surface area contributed by atoms with Crippen LogP contribution in [0.25, 0.3) is 0 Å². The molecule has 6 heteroatoms. The fourth-order valence-electron chi connectivity index (χ4n) is 3.73. The third-order valence-electron chi connectivity index (χ3n) is 5.61. The van der Waals surface area contributed by atoms with Gasteiger partial charge in [-0.25, -0.2) is 4.39 Å². The summed E-state index contributed by atoms with van der Waals surface area (Å²) in [7, 11) is 0. The molecule has 0 saturated heterocycles. The maximum absolute atomic E-state index is 14.2. The number of carbonyl (C=O) groups excluding carboxylic acids is 2. The van der Waals surface area contributed by atoms with Gasteiger partial charge in [-0.15, -0.1) is 0 Å². The van der Waals surface area contributed by atoms with E-state index >= 15 is 0 Å². The second-order valence-electron chi connectivity index (χ2n) is 7.83. The topological polar surface area (TPSA) is 58.6 Å². The highest BCUT2D eigenvalue weighted by Crippen LogP contribution is 2.20. The van der Waals surface area contributed by atoms with Gasteiger partial charge in [0.25, 0.3) is 5.91 Å². The fraction of sp³-hybridized carbons (Fsp3) is 0.417. The van der Waals surface area contributed by atoms with E-state index in [2.05, 4.69) is 5.32 Å². The molecule has 0 unspecified atom stereocenters. The normalized spacial score (nSPS) is 14.9. The van der Waals surface area contributed by atoms with E-state index in [1.54, 1.807) is 31.2 Å². The first-order chi connectivity index (χ1) is 14.5. The lowest BCUT2D eigenvalue weighted by Gasteiger charge is -2.30. The zero-order valence-electron chi connectivity index (χ0n) is 17.6. The van der Waals surface area contributed by atoms with E-state index in [1.807, 2.05) is 25.1 Å². The zero-order valence-corrected chi connectivity index (χ0v) is 17.6. The van der Waals surface area contributed by atoms with Gasteiger partial charge >= 0.3 is 0 Å². The molecule has 1 atom stereocenters. The van der Waals surface area contributed by atoms with Crippen LogP contribution < -0.4 is 10.1 Å². The molecule has 0 radical (unpaired) electrons. The molecule has 1 N–H and O–H groups in total. The molecule has 1 saturated carbocycles. The van der Waals surface area contributed by atoms with Crippen molar-refractivity contribution in [3.05, 3.63) is 65.5 Å². The summed E-state index contributed by atoms with van der Waals surface area (Å²) in [5.41, 5.74) is 1.28. The fourth-order valence-corrected chi connectivity index (χ4v) is 3.73. The van der Waals surface area contributed by atoms with Crippen LogP contribution in [0.4, 0.5) is 4.39 Å². The van der Waals surface area contributed by atoms with Crippen molar-refractivity contribution in [3.8, 4) is 5.75 Å². The summed E-state index contributed by atoms with van der Waals surface area (Å²) < 4.78 is 19.9. The van der Waals surface area contributed by atoms with E-state index in [4.69, 9.17) is 4.74 Å². The number of halogens is 1. The summed E-state index contributed by atoms with van der Waals surface area (Å²) in [5.74, 6) is -0.378. The Morgan fingerprint density at radius 1 is 1.13 bits per heavy atom. The minimum absolute atomic E-state index is 0.00188. The molecule has 0 spiro atoms. The van der Waals surface area contributed by atoms with Crippen LogP contribution in [0.2, 0.25) is 0 Å². The van der Waals surface area contributed by atoms with Gasteiger partial charge in [-0.2, -0.15) is 0 Å². The molecule has 0 aliphatic heterocycles. The highest BCUT2D eigenvalue weighted by molar-refractivity contribution is 5.88. The van der Waals surface area contributed by atoms with E-state index in [0.717, 1.165) is 31.2 Å². The second kappa shape index (κ2) is 10.2. The number of amides is 2. The molecular weight excluding hydrogens is 383 g/mol. The van der Waals surface area contributed by atoms with Crippen LogP contribution in [0.5, 0.6) is 5.75 Å². The Morgan fingerprint density at radius 3 is 2.50 bits per heavy atom. The summed E-state index contributed by atoms with van der Waals surface area (Å²) in [6.07, 6.45) is 4.11. The van der Waals surface area contributed by atoms with Crippen LogP contribution in [-0.2, 0) is 16.1 Å². The summed E-state index contributed by atoms with van der Waals surface area (Å²) in [4.78, 5) is 27.2. The van der Waals surface area contributed by atoms with Crippen LogP contribution in [0, 0.1) is 12.7 Å². The summed E-state index contributed by atoms with van der Waals surface area (Å²) in [5, 5.41) is 3.03. The number of nitrogens with zero attached hydrogens (tertiary/aromatic N) is 1. The molecule has 1 fully saturated rings. The third-order valence-corrected chi connectivity index (χ3v) is 5.61. The molecular formula is C24H29FN2O3. The molecule has 5 nitrogen and oxygen atoms in total. The van der Waals surface area contributed by atoms with Crippen LogP contribution >= 0.6 is 0 Å². The van der Waals surface area contributed by atoms with Crippen molar-refractivity contribution in [2.24, 2.45) is 0 Å². The molecule has 2 aromatic carbocycles. The third kappa shape index (κ3) is 5.59. The van der Waals surface area contributed by atoms with E-state index in [-0.39, 0.29) is 31.0 Å². The molecule has 1 aliphatic carbocycles. The Kier molecular flexibility index (Phi) is 7.44. The maximum atomic E-state index is 14.2. The molecule has 0 bridgehead atoms. The predicted octanol–water partition coefficient (Wildman–Crippen LogP) is 3.99. The molecule has 2 aromatic rings. The highest BCUT2D eigenvalue weighted by Gasteiger charge is 2.29. The molecule has 30 heavy (non-hydrogen) atoms. The quantitative estimate of drug-likeness (QED) is 0.713. The highest BCUT2D eigenvalue weighted by atomic mass is 19.1. The lowest BCUT2D eigenvalue weighted by molar-refractivity contribution is -0.142. The number of hydrogen-bond acceptors (Lipinski definition) is 3. The van der Waals surface area contributed by atoms with Gasteiger partial charge in [-0.3, -0.25) is 9.59 Å². The van der Waals surface area contributed by atoms with Crippen LogP contribution in [0.15, 0.2) is 48.5 Å². The maximum Gasteiger partial charge on any atom is 0.261 e. The van der Waals surface area contributed by atoms with Crippen molar-refractivity contribution in [2.75, 3.05) is 6.61 Å². The van der Waals surface area contributed by atoms with Gasteiger partial charge in [0.2, 0.25) is 5.91 Å². The molecule has 160 valence electrons. The van der Waals surface area contributed by atoms with Crippen LogP contribution in [0.1, 0.15) is 43.7 Å². The minimum Gasteiger partial charge on any atom is -0.484 e. The van der Waals surface area contributed by atoms with Gasteiger partial charge in [-0.1, -0.05) is 49.2 Å². The van der Waals surface area contributed by atoms with Crippen LogP contribution in [-0.4, -0.2) is 35.4 Å².